The summed E-state index contributed by atoms with van der Waals surface area (Å²) in [6.45, 7) is 7.79. The van der Waals surface area contributed by atoms with Crippen LogP contribution in [0.2, 0.25) is 0 Å². The van der Waals surface area contributed by atoms with Crippen molar-refractivity contribution < 1.29 is 9.59 Å². The fourth-order valence-corrected chi connectivity index (χ4v) is 4.75. The van der Waals surface area contributed by atoms with Crippen LogP contribution in [0.3, 0.4) is 0 Å². The van der Waals surface area contributed by atoms with Gasteiger partial charge in [0, 0.05) is 18.0 Å². The van der Waals surface area contributed by atoms with Crippen molar-refractivity contribution in [2.45, 2.75) is 25.3 Å². The number of fused-ring (bicyclic) bond motifs is 2. The number of imidazole rings is 1. The zero-order valence-corrected chi connectivity index (χ0v) is 18.7. The minimum absolute atomic E-state index is 0.0321. The maximum Gasteiger partial charge on any atom is 0.246 e. The highest BCUT2D eigenvalue weighted by Crippen LogP contribution is 2.34. The summed E-state index contributed by atoms with van der Waals surface area (Å²) in [5.41, 5.74) is 2.61. The molecule has 0 unspecified atom stereocenters. The number of hydrogen-bond donors (Lipinski definition) is 1. The van der Waals surface area contributed by atoms with E-state index in [1.165, 1.54) is 11.8 Å². The highest BCUT2D eigenvalue weighted by Gasteiger charge is 2.26. The normalized spacial score (nSPS) is 13.6. The van der Waals surface area contributed by atoms with E-state index in [4.69, 9.17) is 0 Å². The van der Waals surface area contributed by atoms with Crippen LogP contribution >= 0.6 is 11.8 Å². The molecule has 1 aliphatic heterocycles. The van der Waals surface area contributed by atoms with Crippen molar-refractivity contribution in [3.8, 4) is 0 Å². The smallest absolute Gasteiger partial charge is 0.246 e. The summed E-state index contributed by atoms with van der Waals surface area (Å²) < 4.78 is 2.05. The van der Waals surface area contributed by atoms with Crippen LogP contribution < -0.4 is 10.2 Å². The van der Waals surface area contributed by atoms with Gasteiger partial charge in [-0.3, -0.25) is 14.9 Å². The molecule has 1 aliphatic rings. The SMILES string of the molecule is CCN(CC)CCn1c(NC(=O)CN2C(=O)CSc3ccccc32)nc2ccccc21. The Balaban J connectivity index is 1.55. The second-order valence-corrected chi connectivity index (χ2v) is 8.40. The highest BCUT2D eigenvalue weighted by molar-refractivity contribution is 8.00. The monoisotopic (exact) mass is 437 g/mol. The molecule has 2 heterocycles. The molecular formula is C23H27N5O2S. The van der Waals surface area contributed by atoms with E-state index in [1.807, 2.05) is 53.1 Å². The Morgan fingerprint density at radius 3 is 2.68 bits per heavy atom. The number of thioether (sulfide) groups is 1. The van der Waals surface area contributed by atoms with Crippen molar-refractivity contribution in [2.24, 2.45) is 0 Å². The largest absolute Gasteiger partial charge is 0.309 e. The minimum atomic E-state index is -0.255. The molecule has 162 valence electrons. The zero-order valence-electron chi connectivity index (χ0n) is 17.9. The van der Waals surface area contributed by atoms with Crippen LogP contribution in [-0.4, -0.2) is 58.2 Å². The molecule has 0 aliphatic carbocycles. The number of benzene rings is 2. The van der Waals surface area contributed by atoms with E-state index in [9.17, 15) is 9.59 Å². The number of para-hydroxylation sites is 3. The van der Waals surface area contributed by atoms with E-state index in [0.29, 0.717) is 11.7 Å². The summed E-state index contributed by atoms with van der Waals surface area (Å²) in [4.78, 5) is 35.0. The van der Waals surface area contributed by atoms with Gasteiger partial charge in [-0.15, -0.1) is 11.8 Å². The lowest BCUT2D eigenvalue weighted by Gasteiger charge is -2.28. The molecule has 8 heteroatoms. The van der Waals surface area contributed by atoms with Crippen LogP contribution in [0.5, 0.6) is 0 Å². The first kappa shape index (κ1) is 21.4. The number of likely N-dealkylation sites (N-methyl/N-ethyl adjacent to an activating group) is 1. The molecule has 4 rings (SSSR count). The van der Waals surface area contributed by atoms with Gasteiger partial charge in [-0.05, 0) is 37.4 Å². The van der Waals surface area contributed by atoms with Gasteiger partial charge in [-0.1, -0.05) is 38.1 Å². The van der Waals surface area contributed by atoms with Crippen molar-refractivity contribution in [2.75, 3.05) is 42.1 Å². The lowest BCUT2D eigenvalue weighted by atomic mass is 10.2. The molecule has 0 radical (unpaired) electrons. The van der Waals surface area contributed by atoms with Gasteiger partial charge in [0.25, 0.3) is 0 Å². The van der Waals surface area contributed by atoms with Crippen molar-refractivity contribution in [3.05, 3.63) is 48.5 Å². The Morgan fingerprint density at radius 2 is 1.87 bits per heavy atom. The van der Waals surface area contributed by atoms with E-state index in [0.717, 1.165) is 47.8 Å². The Labute approximate surface area is 186 Å². The number of nitrogens with one attached hydrogen (secondary N) is 1. The third kappa shape index (κ3) is 4.60. The van der Waals surface area contributed by atoms with E-state index in [1.54, 1.807) is 4.90 Å². The number of aromatic nitrogens is 2. The summed E-state index contributed by atoms with van der Waals surface area (Å²) in [5, 5.41) is 2.95. The van der Waals surface area contributed by atoms with Crippen LogP contribution in [-0.2, 0) is 16.1 Å². The van der Waals surface area contributed by atoms with Gasteiger partial charge in [0.05, 0.1) is 22.5 Å². The number of rotatable bonds is 8. The molecule has 0 bridgehead atoms. The van der Waals surface area contributed by atoms with Crippen LogP contribution in [0.4, 0.5) is 11.6 Å². The van der Waals surface area contributed by atoms with Crippen molar-refractivity contribution in [1.82, 2.24) is 14.5 Å². The molecule has 2 amide bonds. The van der Waals surface area contributed by atoms with Crippen molar-refractivity contribution >= 4 is 46.2 Å². The highest BCUT2D eigenvalue weighted by atomic mass is 32.2. The maximum atomic E-state index is 12.9. The summed E-state index contributed by atoms with van der Waals surface area (Å²) in [7, 11) is 0. The molecule has 7 nitrogen and oxygen atoms in total. The molecule has 1 aromatic heterocycles. The molecule has 0 atom stereocenters. The summed E-state index contributed by atoms with van der Waals surface area (Å²) in [6.07, 6.45) is 0. The average Bonchev–Trinajstić information content (AvgIpc) is 3.13. The predicted octanol–water partition coefficient (Wildman–Crippen LogP) is 3.46. The zero-order chi connectivity index (χ0) is 21.8. The third-order valence-electron chi connectivity index (χ3n) is 5.55. The molecule has 2 aromatic carbocycles. The fourth-order valence-electron chi connectivity index (χ4n) is 3.81. The Morgan fingerprint density at radius 1 is 1.13 bits per heavy atom. The van der Waals surface area contributed by atoms with E-state index in [-0.39, 0.29) is 18.4 Å². The number of carbonyl (C=O) groups is 2. The van der Waals surface area contributed by atoms with Crippen LogP contribution in [0.25, 0.3) is 11.0 Å². The van der Waals surface area contributed by atoms with E-state index >= 15 is 0 Å². The maximum absolute atomic E-state index is 12.9. The molecule has 31 heavy (non-hydrogen) atoms. The average molecular weight is 438 g/mol. The van der Waals surface area contributed by atoms with Crippen LogP contribution in [0.15, 0.2) is 53.4 Å². The van der Waals surface area contributed by atoms with Gasteiger partial charge in [0.1, 0.15) is 6.54 Å². The van der Waals surface area contributed by atoms with Crippen LogP contribution in [0, 0.1) is 0 Å². The number of hydrogen-bond acceptors (Lipinski definition) is 5. The van der Waals surface area contributed by atoms with Crippen LogP contribution in [0.1, 0.15) is 13.8 Å². The minimum Gasteiger partial charge on any atom is -0.309 e. The topological polar surface area (TPSA) is 70.5 Å². The molecule has 1 N–H and O–H groups in total. The predicted molar refractivity (Wildman–Crippen MR) is 126 cm³/mol. The molecule has 0 saturated carbocycles. The molecule has 0 saturated heterocycles. The lowest BCUT2D eigenvalue weighted by molar-refractivity contribution is -0.120. The van der Waals surface area contributed by atoms with Gasteiger partial charge in [-0.25, -0.2) is 4.98 Å². The quantitative estimate of drug-likeness (QED) is 0.584. The number of anilines is 2. The Bertz CT molecular complexity index is 1090. The molecule has 0 spiro atoms. The first-order valence-electron chi connectivity index (χ1n) is 10.6. The molecular weight excluding hydrogens is 410 g/mol. The van der Waals surface area contributed by atoms with E-state index in [2.05, 4.69) is 29.0 Å². The van der Waals surface area contributed by atoms with E-state index < -0.39 is 0 Å². The number of amides is 2. The van der Waals surface area contributed by atoms with Gasteiger partial charge >= 0.3 is 0 Å². The Kier molecular flexibility index (Phi) is 6.58. The second kappa shape index (κ2) is 9.53. The lowest BCUT2D eigenvalue weighted by Crippen LogP contribution is -2.41. The van der Waals surface area contributed by atoms with Crippen molar-refractivity contribution in [1.29, 1.82) is 0 Å². The van der Waals surface area contributed by atoms with Gasteiger partial charge in [-0.2, -0.15) is 0 Å². The summed E-state index contributed by atoms with van der Waals surface area (Å²) in [6, 6.07) is 15.6. The van der Waals surface area contributed by atoms with Gasteiger partial charge < -0.3 is 14.4 Å². The first-order chi connectivity index (χ1) is 15.1. The standard InChI is InChI=1S/C23H27N5O2S/c1-3-26(4-2)13-14-27-18-10-6-5-9-17(18)24-23(27)25-21(29)15-28-19-11-7-8-12-20(19)31-16-22(28)30/h5-12H,3-4,13-16H2,1-2H3,(H,24,25,29). The van der Waals surface area contributed by atoms with Crippen molar-refractivity contribution in [3.63, 3.8) is 0 Å². The second-order valence-electron chi connectivity index (χ2n) is 7.39. The molecule has 3 aromatic rings. The van der Waals surface area contributed by atoms with Gasteiger partial charge in [0.2, 0.25) is 17.8 Å². The number of nitrogens with zero attached hydrogens (tertiary/aromatic N) is 4. The third-order valence-corrected chi connectivity index (χ3v) is 6.60. The molecule has 0 fully saturated rings. The summed E-state index contributed by atoms with van der Waals surface area (Å²) >= 11 is 1.51. The fraction of sp³-hybridized carbons (Fsp3) is 0.348. The number of carbonyl (C=O) groups excluding carboxylic acids is 2. The first-order valence-corrected chi connectivity index (χ1v) is 11.6. The Hall–Kier alpha value is -2.84. The van der Waals surface area contributed by atoms with Gasteiger partial charge in [0.15, 0.2) is 0 Å². The summed E-state index contributed by atoms with van der Waals surface area (Å²) in [5.74, 6) is 0.543.